The maximum atomic E-state index is 12.6. The summed E-state index contributed by atoms with van der Waals surface area (Å²) in [6.45, 7) is -1.25. The third kappa shape index (κ3) is 5.44. The fraction of sp³-hybridized carbons (Fsp3) is 0.300. The number of alkyl halides is 3. The number of para-hydroxylation sites is 2. The van der Waals surface area contributed by atoms with Crippen molar-refractivity contribution in [3.63, 3.8) is 0 Å². The smallest absolute Gasteiger partial charge is 0.422 e. The van der Waals surface area contributed by atoms with E-state index in [1.807, 2.05) is 30.5 Å². The zero-order valence-corrected chi connectivity index (χ0v) is 16.3. The molecule has 154 valence electrons. The molecule has 0 unspecified atom stereocenters. The molecule has 1 aliphatic heterocycles. The van der Waals surface area contributed by atoms with Crippen molar-refractivity contribution < 1.29 is 27.5 Å². The molecule has 2 aromatic carbocycles. The number of nitrogens with one attached hydrogen (secondary N) is 1. The molecule has 2 aromatic rings. The van der Waals surface area contributed by atoms with Gasteiger partial charge in [0.2, 0.25) is 11.8 Å². The normalized spacial score (nSPS) is 16.8. The topological polar surface area (TPSA) is 58.6 Å². The molecule has 0 saturated carbocycles. The van der Waals surface area contributed by atoms with Gasteiger partial charge in [-0.15, -0.1) is 11.8 Å². The van der Waals surface area contributed by atoms with Gasteiger partial charge in [0.1, 0.15) is 5.75 Å². The van der Waals surface area contributed by atoms with Gasteiger partial charge in [0, 0.05) is 23.5 Å². The molecule has 1 heterocycles. The molecular weight excluding hydrogens is 405 g/mol. The van der Waals surface area contributed by atoms with E-state index in [9.17, 15) is 22.8 Å². The summed E-state index contributed by atoms with van der Waals surface area (Å²) in [7, 11) is 0. The van der Waals surface area contributed by atoms with E-state index < -0.39 is 24.6 Å². The van der Waals surface area contributed by atoms with Crippen LogP contribution in [0, 0.1) is 5.92 Å². The minimum Gasteiger partial charge on any atom is -0.482 e. The Kier molecular flexibility index (Phi) is 6.36. The summed E-state index contributed by atoms with van der Waals surface area (Å²) in [6.07, 6.45) is -2.50. The second-order valence-corrected chi connectivity index (χ2v) is 7.37. The van der Waals surface area contributed by atoms with Crippen LogP contribution in [0.2, 0.25) is 0 Å². The minimum atomic E-state index is -4.48. The summed E-state index contributed by atoms with van der Waals surface area (Å²) in [6, 6.07) is 13.3. The Hall–Kier alpha value is -2.68. The number of ether oxygens (including phenoxy) is 1. The number of carbonyl (C=O) groups excluding carboxylic acids is 2. The van der Waals surface area contributed by atoms with Crippen molar-refractivity contribution in [1.82, 2.24) is 0 Å². The van der Waals surface area contributed by atoms with Gasteiger partial charge in [0.05, 0.1) is 11.6 Å². The second kappa shape index (κ2) is 8.77. The average molecular weight is 424 g/mol. The van der Waals surface area contributed by atoms with Gasteiger partial charge in [-0.05, 0) is 42.7 Å². The number of hydrogen-bond donors (Lipinski definition) is 1. The molecule has 0 aromatic heterocycles. The molecule has 1 fully saturated rings. The van der Waals surface area contributed by atoms with Crippen LogP contribution in [0.5, 0.6) is 5.75 Å². The highest BCUT2D eigenvalue weighted by Crippen LogP contribution is 2.30. The van der Waals surface area contributed by atoms with Crippen LogP contribution in [0.3, 0.4) is 0 Å². The highest BCUT2D eigenvalue weighted by Gasteiger charge is 2.35. The number of rotatable bonds is 6. The van der Waals surface area contributed by atoms with Gasteiger partial charge in [-0.1, -0.05) is 12.1 Å². The molecular formula is C20H19F3N2O3S. The number of nitrogens with zero attached hydrogens (tertiary/aromatic N) is 1. The number of halogens is 3. The van der Waals surface area contributed by atoms with Crippen molar-refractivity contribution in [3.05, 3.63) is 48.5 Å². The quantitative estimate of drug-likeness (QED) is 0.701. The zero-order chi connectivity index (χ0) is 21.0. The summed E-state index contributed by atoms with van der Waals surface area (Å²) in [5.41, 5.74) is 0.842. The summed E-state index contributed by atoms with van der Waals surface area (Å²) >= 11 is 1.58. The van der Waals surface area contributed by atoms with Gasteiger partial charge in [-0.25, -0.2) is 0 Å². The SMILES string of the molecule is CSc1ccc(N2C[C@H](C(=O)Nc3ccccc3OCC(F)(F)F)CC2=O)cc1. The molecule has 5 nitrogen and oxygen atoms in total. The first kappa shape index (κ1) is 21.0. The van der Waals surface area contributed by atoms with Crippen molar-refractivity contribution in [2.45, 2.75) is 17.5 Å². The highest BCUT2D eigenvalue weighted by atomic mass is 32.2. The molecule has 1 atom stereocenters. The van der Waals surface area contributed by atoms with Crippen LogP contribution in [0.25, 0.3) is 0 Å². The number of hydrogen-bond acceptors (Lipinski definition) is 4. The molecule has 1 saturated heterocycles. The van der Waals surface area contributed by atoms with E-state index >= 15 is 0 Å². The standard InChI is InChI=1S/C20H19F3N2O3S/c1-29-15-8-6-14(7-9-15)25-11-13(10-18(25)26)19(27)24-16-4-2-3-5-17(16)28-12-20(21,22)23/h2-9,13H,10-12H2,1H3,(H,24,27)/t13-/m1/s1. The lowest BCUT2D eigenvalue weighted by molar-refractivity contribution is -0.153. The molecule has 0 radical (unpaired) electrons. The summed E-state index contributed by atoms with van der Waals surface area (Å²) < 4.78 is 42.0. The fourth-order valence-electron chi connectivity index (χ4n) is 2.99. The van der Waals surface area contributed by atoms with E-state index in [4.69, 9.17) is 4.74 Å². The predicted molar refractivity (Wildman–Crippen MR) is 105 cm³/mol. The van der Waals surface area contributed by atoms with Crippen LogP contribution < -0.4 is 15.0 Å². The summed E-state index contributed by atoms with van der Waals surface area (Å²) in [5.74, 6) is -1.31. The molecule has 0 bridgehead atoms. The second-order valence-electron chi connectivity index (χ2n) is 6.49. The van der Waals surface area contributed by atoms with Crippen LogP contribution in [0.15, 0.2) is 53.4 Å². The number of thioether (sulfide) groups is 1. The van der Waals surface area contributed by atoms with Crippen LogP contribution >= 0.6 is 11.8 Å². The Balaban J connectivity index is 1.66. The average Bonchev–Trinajstić information content (AvgIpc) is 3.08. The molecule has 9 heteroatoms. The maximum Gasteiger partial charge on any atom is 0.422 e. The third-order valence-electron chi connectivity index (χ3n) is 4.42. The first-order valence-corrected chi connectivity index (χ1v) is 10.0. The lowest BCUT2D eigenvalue weighted by Gasteiger charge is -2.18. The molecule has 29 heavy (non-hydrogen) atoms. The Labute approximate surface area is 170 Å². The summed E-state index contributed by atoms with van der Waals surface area (Å²) in [4.78, 5) is 27.6. The van der Waals surface area contributed by atoms with Crippen molar-refractivity contribution in [2.24, 2.45) is 5.92 Å². The van der Waals surface area contributed by atoms with E-state index in [0.29, 0.717) is 5.69 Å². The van der Waals surface area contributed by atoms with Gasteiger partial charge < -0.3 is 15.0 Å². The number of carbonyl (C=O) groups is 2. The Bertz CT molecular complexity index is 887. The molecule has 0 aliphatic carbocycles. The largest absolute Gasteiger partial charge is 0.482 e. The lowest BCUT2D eigenvalue weighted by atomic mass is 10.1. The lowest BCUT2D eigenvalue weighted by Crippen LogP contribution is -2.28. The van der Waals surface area contributed by atoms with E-state index in [-0.39, 0.29) is 30.3 Å². The predicted octanol–water partition coefficient (Wildman–Crippen LogP) is 4.34. The van der Waals surface area contributed by atoms with Crippen molar-refractivity contribution >= 4 is 35.0 Å². The van der Waals surface area contributed by atoms with E-state index in [1.165, 1.54) is 18.2 Å². The van der Waals surface area contributed by atoms with Crippen molar-refractivity contribution in [3.8, 4) is 5.75 Å². The molecule has 1 aliphatic rings. The van der Waals surface area contributed by atoms with E-state index in [0.717, 1.165) is 4.90 Å². The molecule has 2 amide bonds. The minimum absolute atomic E-state index is 0.0295. The summed E-state index contributed by atoms with van der Waals surface area (Å²) in [5, 5.41) is 2.59. The van der Waals surface area contributed by atoms with Crippen LogP contribution in [-0.2, 0) is 9.59 Å². The highest BCUT2D eigenvalue weighted by molar-refractivity contribution is 7.98. The van der Waals surface area contributed by atoms with Gasteiger partial charge in [0.15, 0.2) is 6.61 Å². The van der Waals surface area contributed by atoms with Crippen LogP contribution in [-0.4, -0.2) is 37.4 Å². The zero-order valence-electron chi connectivity index (χ0n) is 15.5. The fourth-order valence-corrected chi connectivity index (χ4v) is 3.39. The van der Waals surface area contributed by atoms with Crippen LogP contribution in [0.4, 0.5) is 24.5 Å². The first-order chi connectivity index (χ1) is 13.8. The molecule has 3 rings (SSSR count). The van der Waals surface area contributed by atoms with E-state index in [2.05, 4.69) is 5.32 Å². The third-order valence-corrected chi connectivity index (χ3v) is 5.16. The van der Waals surface area contributed by atoms with Crippen LogP contribution in [0.1, 0.15) is 6.42 Å². The number of amides is 2. The Morgan fingerprint density at radius 3 is 2.55 bits per heavy atom. The van der Waals surface area contributed by atoms with E-state index in [1.54, 1.807) is 22.7 Å². The van der Waals surface area contributed by atoms with Crippen molar-refractivity contribution in [2.75, 3.05) is 29.6 Å². The first-order valence-electron chi connectivity index (χ1n) is 8.80. The Morgan fingerprint density at radius 2 is 1.90 bits per heavy atom. The monoisotopic (exact) mass is 424 g/mol. The van der Waals surface area contributed by atoms with Gasteiger partial charge in [-0.2, -0.15) is 13.2 Å². The van der Waals surface area contributed by atoms with Crippen molar-refractivity contribution in [1.29, 1.82) is 0 Å². The van der Waals surface area contributed by atoms with Gasteiger partial charge in [-0.3, -0.25) is 9.59 Å². The maximum absolute atomic E-state index is 12.6. The number of benzene rings is 2. The number of anilines is 2. The van der Waals surface area contributed by atoms with Gasteiger partial charge >= 0.3 is 6.18 Å². The van der Waals surface area contributed by atoms with Gasteiger partial charge in [0.25, 0.3) is 0 Å². The Morgan fingerprint density at radius 1 is 1.21 bits per heavy atom. The molecule has 1 N–H and O–H groups in total. The molecule has 0 spiro atoms.